The monoisotopic (exact) mass is 319 g/mol. The molecule has 0 atom stereocenters. The van der Waals surface area contributed by atoms with Crippen LogP contribution in [0, 0.1) is 5.82 Å². The van der Waals surface area contributed by atoms with Crippen LogP contribution in [-0.4, -0.2) is 36.3 Å². The van der Waals surface area contributed by atoms with Crippen molar-refractivity contribution in [3.63, 3.8) is 0 Å². The molecule has 0 unspecified atom stereocenters. The highest BCUT2D eigenvalue weighted by Crippen LogP contribution is 2.29. The topological polar surface area (TPSA) is 82.1 Å². The molecule has 0 aromatic heterocycles. The average Bonchev–Trinajstić information content (AvgIpc) is 2.38. The molecule has 0 aliphatic rings. The molecule has 0 fully saturated rings. The summed E-state index contributed by atoms with van der Waals surface area (Å²) in [7, 11) is 1.73. The van der Waals surface area contributed by atoms with Crippen LogP contribution < -0.4 is 10.6 Å². The summed E-state index contributed by atoms with van der Waals surface area (Å²) in [5.74, 6) is -0.648. The van der Waals surface area contributed by atoms with Gasteiger partial charge in [0, 0.05) is 25.8 Å². The highest BCUT2D eigenvalue weighted by atomic mass is 79.9. The number of nitrogens with two attached hydrogens (primary N) is 1. The van der Waals surface area contributed by atoms with E-state index in [9.17, 15) is 4.39 Å². The van der Waals surface area contributed by atoms with Gasteiger partial charge in [0.2, 0.25) is 0 Å². The van der Waals surface area contributed by atoms with Crippen LogP contribution in [-0.2, 0) is 0 Å². The van der Waals surface area contributed by atoms with Gasteiger partial charge in [0.05, 0.1) is 10.2 Å². The van der Waals surface area contributed by atoms with Crippen LogP contribution in [0.15, 0.2) is 21.8 Å². The second-order valence-corrected chi connectivity index (χ2v) is 4.54. The fourth-order valence-corrected chi connectivity index (χ4v) is 2.05. The normalized spacial score (nSPS) is 11.7. The maximum Gasteiger partial charge on any atom is 0.171 e. The lowest BCUT2D eigenvalue weighted by atomic mass is 10.1. The molecule has 1 aromatic rings. The van der Waals surface area contributed by atoms with E-state index in [2.05, 4.69) is 21.1 Å². The quantitative estimate of drug-likeness (QED) is 0.332. The number of aliphatic hydroxyl groups excluding tert-OH is 1. The number of amidine groups is 1. The van der Waals surface area contributed by atoms with Gasteiger partial charge in [0.1, 0.15) is 0 Å². The smallest absolute Gasteiger partial charge is 0.171 e. The van der Waals surface area contributed by atoms with Gasteiger partial charge >= 0.3 is 0 Å². The Kier molecular flexibility index (Phi) is 5.36. The second kappa shape index (κ2) is 6.55. The first kappa shape index (κ1) is 14.7. The summed E-state index contributed by atoms with van der Waals surface area (Å²) in [6, 6.07) is 3.11. The predicted octanol–water partition coefficient (Wildman–Crippen LogP) is 1.50. The van der Waals surface area contributed by atoms with Crippen molar-refractivity contribution in [2.45, 2.75) is 6.42 Å². The van der Waals surface area contributed by atoms with Gasteiger partial charge in [-0.3, -0.25) is 0 Å². The lowest BCUT2D eigenvalue weighted by molar-refractivity contribution is 0.290. The van der Waals surface area contributed by atoms with E-state index in [0.717, 1.165) is 0 Å². The molecule has 0 aliphatic heterocycles. The zero-order chi connectivity index (χ0) is 13.7. The third-order valence-corrected chi connectivity index (χ3v) is 3.28. The minimum atomic E-state index is -0.487. The van der Waals surface area contributed by atoms with E-state index in [-0.39, 0.29) is 22.5 Å². The van der Waals surface area contributed by atoms with E-state index in [1.165, 1.54) is 0 Å². The minimum Gasteiger partial charge on any atom is -0.409 e. The van der Waals surface area contributed by atoms with Crippen LogP contribution >= 0.6 is 15.9 Å². The van der Waals surface area contributed by atoms with Crippen molar-refractivity contribution < 1.29 is 14.7 Å². The first-order valence-corrected chi connectivity index (χ1v) is 6.10. The summed E-state index contributed by atoms with van der Waals surface area (Å²) in [6.45, 7) is 0.581. The van der Waals surface area contributed by atoms with E-state index in [1.807, 2.05) is 0 Å². The van der Waals surface area contributed by atoms with E-state index >= 15 is 0 Å². The molecule has 18 heavy (non-hydrogen) atoms. The number of hydrogen-bond acceptors (Lipinski definition) is 4. The van der Waals surface area contributed by atoms with Gasteiger partial charge < -0.3 is 20.9 Å². The number of halogens is 2. The molecule has 5 nitrogen and oxygen atoms in total. The Balaban J connectivity index is 3.08. The molecule has 7 heteroatoms. The summed E-state index contributed by atoms with van der Waals surface area (Å²) in [5, 5.41) is 20.2. The van der Waals surface area contributed by atoms with Crippen molar-refractivity contribution in [2.75, 3.05) is 25.1 Å². The van der Waals surface area contributed by atoms with Crippen molar-refractivity contribution in [3.05, 3.63) is 28.0 Å². The molecule has 0 spiro atoms. The fraction of sp³-hybridized carbons (Fsp3) is 0.364. The maximum absolute atomic E-state index is 14.1. The molecule has 100 valence electrons. The Labute approximate surface area is 113 Å². The highest BCUT2D eigenvalue weighted by Gasteiger charge is 2.16. The Bertz CT molecular complexity index is 454. The number of nitrogens with zero attached hydrogens (tertiary/aromatic N) is 2. The molecule has 0 radical (unpaired) electrons. The molecular weight excluding hydrogens is 305 g/mol. The van der Waals surface area contributed by atoms with Crippen molar-refractivity contribution in [2.24, 2.45) is 10.9 Å². The molecule has 0 amide bonds. The number of oxime groups is 1. The molecule has 0 aliphatic carbocycles. The van der Waals surface area contributed by atoms with Gasteiger partial charge in [-0.15, -0.1) is 0 Å². The molecular formula is C11H15BrFN3O2. The lowest BCUT2D eigenvalue weighted by Crippen LogP contribution is -2.22. The lowest BCUT2D eigenvalue weighted by Gasteiger charge is -2.20. The number of anilines is 1. The summed E-state index contributed by atoms with van der Waals surface area (Å²) >= 11 is 3.09. The fourth-order valence-electron chi connectivity index (χ4n) is 1.51. The van der Waals surface area contributed by atoms with Gasteiger partial charge in [0.25, 0.3) is 0 Å². The van der Waals surface area contributed by atoms with Gasteiger partial charge in [-0.05, 0) is 34.5 Å². The number of benzene rings is 1. The van der Waals surface area contributed by atoms with Gasteiger partial charge in [0.15, 0.2) is 11.7 Å². The minimum absolute atomic E-state index is 0.0509. The Morgan fingerprint density at radius 1 is 1.56 bits per heavy atom. The van der Waals surface area contributed by atoms with Crippen molar-refractivity contribution >= 4 is 27.5 Å². The molecule has 4 N–H and O–H groups in total. The van der Waals surface area contributed by atoms with Crippen molar-refractivity contribution in [3.8, 4) is 0 Å². The van der Waals surface area contributed by atoms with Crippen LogP contribution in [0.4, 0.5) is 10.1 Å². The third-order valence-electron chi connectivity index (χ3n) is 2.51. The zero-order valence-corrected chi connectivity index (χ0v) is 11.5. The van der Waals surface area contributed by atoms with Crippen LogP contribution in [0.1, 0.15) is 12.0 Å². The predicted molar refractivity (Wildman–Crippen MR) is 71.6 cm³/mol. The van der Waals surface area contributed by atoms with Crippen LogP contribution in [0.25, 0.3) is 0 Å². The maximum atomic E-state index is 14.1. The summed E-state index contributed by atoms with van der Waals surface area (Å²) in [5.41, 5.74) is 6.09. The second-order valence-electron chi connectivity index (χ2n) is 3.74. The van der Waals surface area contributed by atoms with Gasteiger partial charge in [-0.25, -0.2) is 4.39 Å². The van der Waals surface area contributed by atoms with E-state index < -0.39 is 5.82 Å². The molecule has 0 heterocycles. The van der Waals surface area contributed by atoms with Crippen molar-refractivity contribution in [1.82, 2.24) is 0 Å². The average molecular weight is 320 g/mol. The van der Waals surface area contributed by atoms with E-state index in [1.54, 1.807) is 24.1 Å². The SMILES string of the molecule is CN(CCCO)c1ccc(/C(N)=N/O)c(Br)c1F. The largest absolute Gasteiger partial charge is 0.409 e. The highest BCUT2D eigenvalue weighted by molar-refractivity contribution is 9.10. The van der Waals surface area contributed by atoms with E-state index in [0.29, 0.717) is 18.7 Å². The van der Waals surface area contributed by atoms with Crippen LogP contribution in [0.5, 0.6) is 0 Å². The summed E-state index contributed by atoms with van der Waals surface area (Å²) in [4.78, 5) is 1.69. The molecule has 1 aromatic carbocycles. The molecule has 0 saturated carbocycles. The summed E-state index contributed by atoms with van der Waals surface area (Å²) in [6.07, 6.45) is 0.551. The van der Waals surface area contributed by atoms with Crippen LogP contribution in [0.3, 0.4) is 0 Å². The number of aliphatic hydroxyl groups is 1. The van der Waals surface area contributed by atoms with Crippen molar-refractivity contribution in [1.29, 1.82) is 0 Å². The Hall–Kier alpha value is -1.34. The first-order chi connectivity index (χ1) is 8.52. The third kappa shape index (κ3) is 3.11. The molecule has 0 saturated heterocycles. The summed E-state index contributed by atoms with van der Waals surface area (Å²) < 4.78 is 14.2. The van der Waals surface area contributed by atoms with Gasteiger partial charge in [-0.2, -0.15) is 0 Å². The van der Waals surface area contributed by atoms with Crippen LogP contribution in [0.2, 0.25) is 0 Å². The molecule has 1 rings (SSSR count). The molecule has 0 bridgehead atoms. The van der Waals surface area contributed by atoms with Gasteiger partial charge in [-0.1, -0.05) is 5.16 Å². The zero-order valence-electron chi connectivity index (χ0n) is 9.90. The Morgan fingerprint density at radius 2 is 2.22 bits per heavy atom. The standard InChI is InChI=1S/C11H15BrFN3O2/c1-16(5-2-6-17)8-4-3-7(11(14)15-18)9(12)10(8)13/h3-4,17-18H,2,5-6H2,1H3,(H2,14,15). The Morgan fingerprint density at radius 3 is 2.78 bits per heavy atom. The first-order valence-electron chi connectivity index (χ1n) is 5.30. The number of rotatable bonds is 5. The van der Waals surface area contributed by atoms with E-state index in [4.69, 9.17) is 16.0 Å². The number of hydrogen-bond donors (Lipinski definition) is 3.